The first-order valence-corrected chi connectivity index (χ1v) is 14.8. The van der Waals surface area contributed by atoms with Crippen molar-refractivity contribution >= 4 is 33.9 Å². The Morgan fingerprint density at radius 3 is 2.67 bits per heavy atom. The molecule has 1 unspecified atom stereocenters. The lowest BCUT2D eigenvalue weighted by molar-refractivity contribution is -0.115. The minimum absolute atomic E-state index is 0.0604. The van der Waals surface area contributed by atoms with E-state index in [1.807, 2.05) is 25.1 Å². The number of piperidine rings is 1. The fraction of sp³-hybridized carbons (Fsp3) is 0.273. The summed E-state index contributed by atoms with van der Waals surface area (Å²) in [7, 11) is 0. The molecule has 2 aliphatic heterocycles. The molecule has 1 atom stereocenters. The molecule has 5 aromatic rings. The van der Waals surface area contributed by atoms with Gasteiger partial charge in [0.2, 0.25) is 5.91 Å². The average Bonchev–Trinajstić information content (AvgIpc) is 3.65. The van der Waals surface area contributed by atoms with Crippen molar-refractivity contribution in [3.05, 3.63) is 84.3 Å². The van der Waals surface area contributed by atoms with Crippen molar-refractivity contribution in [1.82, 2.24) is 25.1 Å². The minimum atomic E-state index is -0.298. The van der Waals surface area contributed by atoms with Gasteiger partial charge in [-0.15, -0.1) is 0 Å². The molecule has 0 radical (unpaired) electrons. The molecule has 2 aliphatic rings. The number of nitrogens with zero attached hydrogens (tertiary/aromatic N) is 4. The molecule has 2 aromatic carbocycles. The molecule has 9 nitrogen and oxygen atoms in total. The minimum Gasteiger partial charge on any atom is -0.358 e. The number of hydrogen-bond donors (Lipinski definition) is 4. The third kappa shape index (κ3) is 5.53. The number of H-pyrrole nitrogens is 1. The third-order valence-electron chi connectivity index (χ3n) is 8.21. The Morgan fingerprint density at radius 1 is 0.953 bits per heavy atom. The standard InChI is InChI=1S/C33H33FN8O/c1-2-30(43)37-25-13-23(15-35-16-25)21-6-7-28-26(14-21)32(41-40-28)33-38-29-18-36-17-27(31(29)39-33)22-10-20(11-24(34)12-22)19-42-8-4-3-5-9-42/h6-7,10-18,33,38-39H,2-5,8-9,19H2,1H3,(H,37,43)(H,40,41). The van der Waals surface area contributed by atoms with E-state index in [1.54, 1.807) is 36.9 Å². The number of benzene rings is 2. The van der Waals surface area contributed by atoms with Gasteiger partial charge < -0.3 is 16.0 Å². The van der Waals surface area contributed by atoms with Gasteiger partial charge in [0.15, 0.2) is 0 Å². The van der Waals surface area contributed by atoms with E-state index >= 15 is 0 Å². The van der Waals surface area contributed by atoms with Gasteiger partial charge >= 0.3 is 0 Å². The van der Waals surface area contributed by atoms with Gasteiger partial charge in [-0.2, -0.15) is 5.10 Å². The molecule has 1 saturated heterocycles. The van der Waals surface area contributed by atoms with E-state index < -0.39 is 0 Å². The second-order valence-corrected chi connectivity index (χ2v) is 11.2. The van der Waals surface area contributed by atoms with Crippen molar-refractivity contribution in [1.29, 1.82) is 0 Å². The maximum absolute atomic E-state index is 14.9. The van der Waals surface area contributed by atoms with Gasteiger partial charge in [0.25, 0.3) is 0 Å². The number of aromatic amines is 1. The summed E-state index contributed by atoms with van der Waals surface area (Å²) in [5.41, 5.74) is 8.51. The summed E-state index contributed by atoms with van der Waals surface area (Å²) < 4.78 is 14.9. The van der Waals surface area contributed by atoms with E-state index in [4.69, 9.17) is 0 Å². The Balaban J connectivity index is 1.17. The summed E-state index contributed by atoms with van der Waals surface area (Å²) in [6.45, 7) is 4.67. The number of carbonyl (C=O) groups is 1. The average molecular weight is 577 g/mol. The van der Waals surface area contributed by atoms with Gasteiger partial charge in [0.05, 0.1) is 40.7 Å². The summed E-state index contributed by atoms with van der Waals surface area (Å²) >= 11 is 0. The maximum Gasteiger partial charge on any atom is 0.224 e. The van der Waals surface area contributed by atoms with Crippen LogP contribution >= 0.6 is 0 Å². The molecule has 1 fully saturated rings. The number of halogens is 1. The molecule has 0 bridgehead atoms. The van der Waals surface area contributed by atoms with Crippen molar-refractivity contribution in [2.75, 3.05) is 29.0 Å². The Morgan fingerprint density at radius 2 is 1.81 bits per heavy atom. The smallest absolute Gasteiger partial charge is 0.224 e. The van der Waals surface area contributed by atoms with Gasteiger partial charge in [0, 0.05) is 41.9 Å². The van der Waals surface area contributed by atoms with Crippen LogP contribution in [-0.2, 0) is 11.3 Å². The Labute approximate surface area is 248 Å². The quantitative estimate of drug-likeness (QED) is 0.171. The largest absolute Gasteiger partial charge is 0.358 e. The van der Waals surface area contributed by atoms with Crippen molar-refractivity contribution in [3.63, 3.8) is 0 Å². The molecule has 5 heterocycles. The summed E-state index contributed by atoms with van der Waals surface area (Å²) in [5, 5.41) is 18.7. The Bertz CT molecular complexity index is 1810. The van der Waals surface area contributed by atoms with Crippen LogP contribution in [0.25, 0.3) is 33.2 Å². The van der Waals surface area contributed by atoms with Crippen LogP contribution in [0.3, 0.4) is 0 Å². The first kappa shape index (κ1) is 27.0. The summed E-state index contributed by atoms with van der Waals surface area (Å²) in [4.78, 5) is 23.1. The lowest BCUT2D eigenvalue weighted by Crippen LogP contribution is -2.29. The van der Waals surface area contributed by atoms with Crippen LogP contribution in [0.1, 0.15) is 50.0 Å². The molecule has 43 heavy (non-hydrogen) atoms. The molecular formula is C33H33FN8O. The number of aromatic nitrogens is 4. The second kappa shape index (κ2) is 11.4. The lowest BCUT2D eigenvalue weighted by Gasteiger charge is -2.26. The molecule has 7 rings (SSSR count). The van der Waals surface area contributed by atoms with Gasteiger partial charge in [-0.05, 0) is 79.0 Å². The zero-order valence-corrected chi connectivity index (χ0v) is 24.0. The van der Waals surface area contributed by atoms with Crippen LogP contribution in [0.4, 0.5) is 21.5 Å². The number of hydrogen-bond acceptors (Lipinski definition) is 7. The molecule has 4 N–H and O–H groups in total. The SMILES string of the molecule is CCC(=O)Nc1cncc(-c2ccc3n[nH]c(C4Nc5cncc(-c6cc(F)cc(CN7CCCCC7)c6)c5N4)c3c2)c1. The molecule has 0 spiro atoms. The first-order chi connectivity index (χ1) is 21.0. The number of anilines is 3. The Hall–Kier alpha value is -4.83. The first-order valence-electron chi connectivity index (χ1n) is 14.8. The normalized spacial score (nSPS) is 16.5. The van der Waals surface area contributed by atoms with Crippen molar-refractivity contribution in [2.24, 2.45) is 0 Å². The van der Waals surface area contributed by atoms with Crippen molar-refractivity contribution in [3.8, 4) is 22.3 Å². The fourth-order valence-corrected chi connectivity index (χ4v) is 6.04. The van der Waals surface area contributed by atoms with E-state index in [0.717, 1.165) is 75.4 Å². The molecular weight excluding hydrogens is 543 g/mol. The van der Waals surface area contributed by atoms with Gasteiger partial charge in [-0.3, -0.25) is 24.8 Å². The van der Waals surface area contributed by atoms with Gasteiger partial charge in [0.1, 0.15) is 12.0 Å². The van der Waals surface area contributed by atoms with E-state index in [2.05, 4.69) is 53.1 Å². The zero-order valence-electron chi connectivity index (χ0n) is 24.0. The highest BCUT2D eigenvalue weighted by molar-refractivity contribution is 5.93. The van der Waals surface area contributed by atoms with E-state index in [-0.39, 0.29) is 17.9 Å². The molecule has 3 aromatic heterocycles. The maximum atomic E-state index is 14.9. The molecule has 0 aliphatic carbocycles. The molecule has 0 saturated carbocycles. The number of carbonyl (C=O) groups excluding carboxylic acids is 1. The molecule has 10 heteroatoms. The zero-order chi connectivity index (χ0) is 29.3. The predicted octanol–water partition coefficient (Wildman–Crippen LogP) is 6.70. The highest BCUT2D eigenvalue weighted by atomic mass is 19.1. The van der Waals surface area contributed by atoms with Crippen LogP contribution in [0.5, 0.6) is 0 Å². The number of pyridine rings is 2. The molecule has 218 valence electrons. The summed E-state index contributed by atoms with van der Waals surface area (Å²) in [5.74, 6) is -0.306. The van der Waals surface area contributed by atoms with Crippen LogP contribution in [0, 0.1) is 5.82 Å². The predicted molar refractivity (Wildman–Crippen MR) is 167 cm³/mol. The number of fused-ring (bicyclic) bond motifs is 2. The Kier molecular flexibility index (Phi) is 7.20. The third-order valence-corrected chi connectivity index (χ3v) is 8.21. The fourth-order valence-electron chi connectivity index (χ4n) is 6.04. The van der Waals surface area contributed by atoms with Gasteiger partial charge in [-0.1, -0.05) is 19.4 Å². The van der Waals surface area contributed by atoms with Crippen LogP contribution < -0.4 is 16.0 Å². The highest BCUT2D eigenvalue weighted by Crippen LogP contribution is 2.43. The highest BCUT2D eigenvalue weighted by Gasteiger charge is 2.27. The second-order valence-electron chi connectivity index (χ2n) is 11.2. The van der Waals surface area contributed by atoms with Crippen molar-refractivity contribution in [2.45, 2.75) is 45.3 Å². The van der Waals surface area contributed by atoms with E-state index in [0.29, 0.717) is 12.1 Å². The van der Waals surface area contributed by atoms with Crippen molar-refractivity contribution < 1.29 is 9.18 Å². The van der Waals surface area contributed by atoms with E-state index in [9.17, 15) is 9.18 Å². The lowest BCUT2D eigenvalue weighted by atomic mass is 10.0. The molecule has 1 amide bonds. The summed E-state index contributed by atoms with van der Waals surface area (Å²) in [6.07, 6.45) is 10.7. The van der Waals surface area contributed by atoms with E-state index in [1.165, 1.54) is 19.3 Å². The monoisotopic (exact) mass is 576 g/mol. The van der Waals surface area contributed by atoms with Crippen LogP contribution in [0.15, 0.2) is 67.3 Å². The number of nitrogens with one attached hydrogen (secondary N) is 4. The van der Waals surface area contributed by atoms with Crippen LogP contribution in [0.2, 0.25) is 0 Å². The number of likely N-dealkylation sites (tertiary alicyclic amines) is 1. The van der Waals surface area contributed by atoms with Crippen LogP contribution in [-0.4, -0.2) is 44.1 Å². The number of amides is 1. The topological polar surface area (TPSA) is 111 Å². The van der Waals surface area contributed by atoms with Gasteiger partial charge in [-0.25, -0.2) is 4.39 Å². The summed E-state index contributed by atoms with van der Waals surface area (Å²) in [6, 6.07) is 13.2. The number of rotatable bonds is 7.